The van der Waals surface area contributed by atoms with Gasteiger partial charge in [0.2, 0.25) is 0 Å². The number of aliphatic imine (C=N–C) groups is 1. The van der Waals surface area contributed by atoms with Crippen molar-refractivity contribution in [2.24, 2.45) is 4.99 Å². The largest absolute Gasteiger partial charge is 0.461 e. The lowest BCUT2D eigenvalue weighted by atomic mass is 10.1. The lowest BCUT2D eigenvalue weighted by molar-refractivity contribution is -0.161. The standard InChI is InChI=1S/C28H42N4O4/c1-5-6-12-24-21-30-16-15-29-17-19-32(20-18-31-24)25(27(34)36-28(2,3)4)13-14-26(33)35-22-23-10-8-7-9-11-23/h5-12,18,25,29-30H,13-17,19-22H2,1-4H3/b6-5-,24-12-,31-18+. The molecule has 2 rings (SSSR count). The van der Waals surface area contributed by atoms with E-state index in [4.69, 9.17) is 9.47 Å². The zero-order chi connectivity index (χ0) is 26.2. The molecule has 0 amide bonds. The van der Waals surface area contributed by atoms with Crippen molar-refractivity contribution in [3.63, 3.8) is 0 Å². The van der Waals surface area contributed by atoms with E-state index in [2.05, 4.69) is 15.6 Å². The highest BCUT2D eigenvalue weighted by atomic mass is 16.6. The Hall–Kier alpha value is -2.81. The van der Waals surface area contributed by atoms with Gasteiger partial charge in [-0.1, -0.05) is 42.5 Å². The lowest BCUT2D eigenvalue weighted by Crippen LogP contribution is -2.48. The molecule has 1 heterocycles. The summed E-state index contributed by atoms with van der Waals surface area (Å²) in [5.74, 6) is -0.679. The Morgan fingerprint density at radius 1 is 1.14 bits per heavy atom. The molecule has 1 unspecified atom stereocenters. The minimum absolute atomic E-state index is 0.119. The highest BCUT2D eigenvalue weighted by molar-refractivity contribution is 5.78. The molecule has 1 atom stereocenters. The maximum Gasteiger partial charge on any atom is 0.323 e. The van der Waals surface area contributed by atoms with Crippen LogP contribution < -0.4 is 10.6 Å². The predicted octanol–water partition coefficient (Wildman–Crippen LogP) is 3.25. The number of hydrogen-bond acceptors (Lipinski definition) is 8. The summed E-state index contributed by atoms with van der Waals surface area (Å²) < 4.78 is 11.2. The summed E-state index contributed by atoms with van der Waals surface area (Å²) in [6, 6.07) is 8.96. The number of allylic oxidation sites excluding steroid dienone is 3. The Labute approximate surface area is 215 Å². The summed E-state index contributed by atoms with van der Waals surface area (Å²) in [6.07, 6.45) is 8.14. The smallest absolute Gasteiger partial charge is 0.323 e. The van der Waals surface area contributed by atoms with Gasteiger partial charge in [0.1, 0.15) is 18.2 Å². The molecular formula is C28H42N4O4. The van der Waals surface area contributed by atoms with Gasteiger partial charge >= 0.3 is 11.9 Å². The molecule has 0 saturated heterocycles. The summed E-state index contributed by atoms with van der Waals surface area (Å²) in [4.78, 5) is 32.4. The molecule has 36 heavy (non-hydrogen) atoms. The first-order chi connectivity index (χ1) is 17.3. The minimum atomic E-state index is -0.629. The van der Waals surface area contributed by atoms with Crippen molar-refractivity contribution in [3.8, 4) is 0 Å². The Bertz CT molecular complexity index is 891. The normalized spacial score (nSPS) is 19.3. The summed E-state index contributed by atoms with van der Waals surface area (Å²) in [6.45, 7) is 11.8. The SMILES string of the molecule is C\C=C/C=C1CNCCNCCN(C(CCC(=O)OCc2ccccc2)C(=O)OC(C)(C)C)C/C=N/1. The molecule has 0 radical (unpaired) electrons. The molecule has 0 aromatic heterocycles. The Balaban J connectivity index is 2.13. The third kappa shape index (κ3) is 12.2. The maximum absolute atomic E-state index is 13.2. The molecule has 0 saturated carbocycles. The van der Waals surface area contributed by atoms with Crippen LogP contribution in [0.3, 0.4) is 0 Å². The number of nitrogens with one attached hydrogen (secondary N) is 2. The predicted molar refractivity (Wildman–Crippen MR) is 144 cm³/mol. The van der Waals surface area contributed by atoms with Gasteiger partial charge in [0.05, 0.1) is 5.70 Å². The van der Waals surface area contributed by atoms with Crippen LogP contribution in [0.15, 0.2) is 59.2 Å². The van der Waals surface area contributed by atoms with Crippen LogP contribution in [0.1, 0.15) is 46.1 Å². The summed E-state index contributed by atoms with van der Waals surface area (Å²) in [5, 5.41) is 6.79. The number of carbonyl (C=O) groups is 2. The van der Waals surface area contributed by atoms with E-state index in [0.29, 0.717) is 32.6 Å². The monoisotopic (exact) mass is 498 g/mol. The van der Waals surface area contributed by atoms with Crippen LogP contribution in [0, 0.1) is 0 Å². The van der Waals surface area contributed by atoms with Crippen LogP contribution in [0.5, 0.6) is 0 Å². The van der Waals surface area contributed by atoms with Gasteiger partial charge in [-0.15, -0.1) is 0 Å². The minimum Gasteiger partial charge on any atom is -0.461 e. The molecule has 0 fully saturated rings. The van der Waals surface area contributed by atoms with Crippen LogP contribution in [-0.4, -0.2) is 74.0 Å². The highest BCUT2D eigenvalue weighted by Gasteiger charge is 2.30. The van der Waals surface area contributed by atoms with Gasteiger partial charge < -0.3 is 20.1 Å². The first-order valence-electron chi connectivity index (χ1n) is 12.7. The quantitative estimate of drug-likeness (QED) is 0.532. The van der Waals surface area contributed by atoms with Gasteiger partial charge in [0, 0.05) is 51.9 Å². The Kier molecular flexibility index (Phi) is 13.1. The van der Waals surface area contributed by atoms with Gasteiger partial charge in [-0.2, -0.15) is 0 Å². The average Bonchev–Trinajstić information content (AvgIpc) is 2.83. The van der Waals surface area contributed by atoms with E-state index in [-0.39, 0.29) is 25.0 Å². The second-order valence-corrected chi connectivity index (χ2v) is 9.65. The molecule has 0 spiro atoms. The third-order valence-corrected chi connectivity index (χ3v) is 5.40. The number of rotatable bonds is 8. The average molecular weight is 499 g/mol. The molecule has 8 nitrogen and oxygen atoms in total. The van der Waals surface area contributed by atoms with E-state index in [1.54, 1.807) is 0 Å². The van der Waals surface area contributed by atoms with Crippen LogP contribution >= 0.6 is 0 Å². The third-order valence-electron chi connectivity index (χ3n) is 5.40. The first-order valence-corrected chi connectivity index (χ1v) is 12.7. The fourth-order valence-electron chi connectivity index (χ4n) is 3.62. The number of nitrogens with zero attached hydrogens (tertiary/aromatic N) is 2. The van der Waals surface area contributed by atoms with Crippen LogP contribution in [0.25, 0.3) is 0 Å². The molecule has 2 N–H and O–H groups in total. The highest BCUT2D eigenvalue weighted by Crippen LogP contribution is 2.16. The summed E-state index contributed by atoms with van der Waals surface area (Å²) in [5.41, 5.74) is 1.21. The van der Waals surface area contributed by atoms with Crippen LogP contribution in [-0.2, 0) is 25.7 Å². The molecule has 198 valence electrons. The van der Waals surface area contributed by atoms with Crippen LogP contribution in [0.4, 0.5) is 0 Å². The van der Waals surface area contributed by atoms with Gasteiger partial charge in [-0.3, -0.25) is 19.5 Å². The van der Waals surface area contributed by atoms with Crippen LogP contribution in [0.2, 0.25) is 0 Å². The topological polar surface area (TPSA) is 92.3 Å². The molecule has 1 aromatic rings. The fourth-order valence-corrected chi connectivity index (χ4v) is 3.62. The lowest BCUT2D eigenvalue weighted by Gasteiger charge is -2.32. The van der Waals surface area contributed by atoms with Gasteiger partial charge in [0.25, 0.3) is 0 Å². The second-order valence-electron chi connectivity index (χ2n) is 9.65. The van der Waals surface area contributed by atoms with E-state index in [1.807, 2.05) is 87.4 Å². The molecule has 1 aliphatic rings. The Morgan fingerprint density at radius 3 is 2.61 bits per heavy atom. The van der Waals surface area contributed by atoms with E-state index in [9.17, 15) is 9.59 Å². The fraction of sp³-hybridized carbons (Fsp3) is 0.536. The second kappa shape index (κ2) is 16.0. The van der Waals surface area contributed by atoms with E-state index >= 15 is 0 Å². The number of ether oxygens (including phenoxy) is 2. The number of hydrogen-bond donors (Lipinski definition) is 2. The first kappa shape index (κ1) is 29.4. The molecule has 1 aromatic carbocycles. The van der Waals surface area contributed by atoms with E-state index in [1.165, 1.54) is 0 Å². The van der Waals surface area contributed by atoms with Crippen molar-refractivity contribution in [3.05, 3.63) is 59.8 Å². The molecule has 1 aliphatic heterocycles. The number of carbonyl (C=O) groups excluding carboxylic acids is 2. The van der Waals surface area contributed by atoms with Crippen molar-refractivity contribution in [1.29, 1.82) is 0 Å². The Morgan fingerprint density at radius 2 is 1.89 bits per heavy atom. The number of esters is 2. The molecule has 0 bridgehead atoms. The van der Waals surface area contributed by atoms with Gasteiger partial charge in [-0.05, 0) is 45.8 Å². The van der Waals surface area contributed by atoms with Gasteiger partial charge in [-0.25, -0.2) is 0 Å². The zero-order valence-corrected chi connectivity index (χ0v) is 22.2. The van der Waals surface area contributed by atoms with Crippen molar-refractivity contribution in [1.82, 2.24) is 15.5 Å². The van der Waals surface area contributed by atoms with Crippen molar-refractivity contribution in [2.75, 3.05) is 39.3 Å². The maximum atomic E-state index is 13.2. The molecule has 0 aliphatic carbocycles. The summed E-state index contributed by atoms with van der Waals surface area (Å²) >= 11 is 0. The van der Waals surface area contributed by atoms with Crippen molar-refractivity contribution in [2.45, 2.75) is 58.8 Å². The van der Waals surface area contributed by atoms with E-state index < -0.39 is 11.6 Å². The van der Waals surface area contributed by atoms with E-state index in [0.717, 1.165) is 24.4 Å². The molecule has 8 heteroatoms. The number of benzene rings is 1. The van der Waals surface area contributed by atoms with Crippen molar-refractivity contribution >= 4 is 18.2 Å². The van der Waals surface area contributed by atoms with Crippen molar-refractivity contribution < 1.29 is 19.1 Å². The zero-order valence-electron chi connectivity index (χ0n) is 22.2. The summed E-state index contributed by atoms with van der Waals surface area (Å²) in [7, 11) is 0. The van der Waals surface area contributed by atoms with Gasteiger partial charge in [0.15, 0.2) is 0 Å². The molecular weight excluding hydrogens is 456 g/mol.